The maximum absolute atomic E-state index is 2.27. The van der Waals surface area contributed by atoms with Crippen LogP contribution < -0.4 is 28.4 Å². The van der Waals surface area contributed by atoms with Crippen molar-refractivity contribution in [2.45, 2.75) is 14.9 Å². The number of benzene rings is 6. The van der Waals surface area contributed by atoms with Gasteiger partial charge in [0.05, 0.1) is 16.7 Å². The molecule has 59 heavy (non-hydrogen) atoms. The first-order chi connectivity index (χ1) is 27.5. The van der Waals surface area contributed by atoms with Crippen LogP contribution in [0.2, 0.25) is 0 Å². The van der Waals surface area contributed by atoms with Crippen LogP contribution in [-0.4, -0.2) is 42.3 Å². The maximum Gasteiger partial charge on any atom is 0.269 e. The van der Waals surface area contributed by atoms with Gasteiger partial charge in [0.15, 0.2) is 0 Å². The van der Waals surface area contributed by atoms with E-state index in [-0.39, 0.29) is 14.9 Å². The summed E-state index contributed by atoms with van der Waals surface area (Å²) in [7, 11) is 18.8. The van der Waals surface area contributed by atoms with Crippen LogP contribution >= 0.6 is 34.0 Å². The topological polar surface area (TPSA) is 21.4 Å². The van der Waals surface area contributed by atoms with Crippen molar-refractivity contribution in [3.8, 4) is 31.7 Å². The Morgan fingerprint density at radius 1 is 0.322 bits per heavy atom. The lowest BCUT2D eigenvalue weighted by atomic mass is 10.2. The van der Waals surface area contributed by atoms with Crippen molar-refractivity contribution in [1.29, 1.82) is 0 Å². The highest BCUT2D eigenvalue weighted by Crippen LogP contribution is 2.31. The molecule has 3 heterocycles. The van der Waals surface area contributed by atoms with E-state index in [0.29, 0.717) is 0 Å². The molecule has 0 saturated carbocycles. The highest BCUT2D eigenvalue weighted by molar-refractivity contribution is 7.21. The fraction of sp³-hybridized carbons (Fsp3) is 0.220. The van der Waals surface area contributed by atoms with Crippen molar-refractivity contribution in [2.75, 3.05) is 57.0 Å². The van der Waals surface area contributed by atoms with Gasteiger partial charge in [0.1, 0.15) is 35.2 Å². The van der Waals surface area contributed by atoms with Crippen molar-refractivity contribution in [3.63, 3.8) is 0 Å². The Morgan fingerprint density at radius 2 is 0.542 bits per heavy atom. The smallest absolute Gasteiger partial charge is 0.269 e. The SMILES string of the molecule is C.C.CN(C)c1ccc(-c2sc3ccccc3[n+]2C)cc1.CN(C)c1ccc(-c2sc3ccccc3[n+]2C)cc1.CN(C)c1ccc(-c2sc3ccccc3[n+]2C)cc1. The van der Waals surface area contributed by atoms with Crippen LogP contribution in [0.4, 0.5) is 17.1 Å². The molecule has 0 amide bonds. The molecule has 9 aromatic rings. The van der Waals surface area contributed by atoms with E-state index in [4.69, 9.17) is 0 Å². The number of para-hydroxylation sites is 3. The quantitative estimate of drug-likeness (QED) is 0.156. The van der Waals surface area contributed by atoms with Gasteiger partial charge in [-0.1, -0.05) is 85.3 Å². The van der Waals surface area contributed by atoms with Gasteiger partial charge in [-0.2, -0.15) is 13.7 Å². The predicted octanol–water partition coefficient (Wildman–Crippen LogP) is 11.6. The van der Waals surface area contributed by atoms with Gasteiger partial charge in [0, 0.05) is 77.5 Å². The molecule has 0 saturated heterocycles. The number of hydrogen-bond acceptors (Lipinski definition) is 6. The van der Waals surface area contributed by atoms with Crippen molar-refractivity contribution in [3.05, 3.63) is 146 Å². The van der Waals surface area contributed by atoms with Crippen molar-refractivity contribution >= 4 is 81.7 Å². The van der Waals surface area contributed by atoms with E-state index in [1.54, 1.807) is 0 Å². The summed E-state index contributed by atoms with van der Waals surface area (Å²) in [5.74, 6) is 0. The Balaban J connectivity index is 0.000000165. The number of nitrogens with zero attached hydrogens (tertiary/aromatic N) is 6. The molecule has 6 nitrogen and oxygen atoms in total. The summed E-state index contributed by atoms with van der Waals surface area (Å²) < 4.78 is 10.8. The molecule has 0 aliphatic carbocycles. The summed E-state index contributed by atoms with van der Waals surface area (Å²) in [5.41, 5.74) is 11.4. The molecule has 0 aliphatic rings. The van der Waals surface area contributed by atoms with Gasteiger partial charge in [-0.25, -0.2) is 0 Å². The summed E-state index contributed by atoms with van der Waals surface area (Å²) >= 11 is 5.52. The van der Waals surface area contributed by atoms with Crippen LogP contribution in [0, 0.1) is 0 Å². The molecular weight excluding hydrogens is 781 g/mol. The zero-order valence-corrected chi connectivity index (χ0v) is 36.7. The van der Waals surface area contributed by atoms with Crippen molar-refractivity contribution in [1.82, 2.24) is 0 Å². The molecule has 0 bridgehead atoms. The van der Waals surface area contributed by atoms with Crippen LogP contribution in [0.3, 0.4) is 0 Å². The first-order valence-corrected chi connectivity index (χ1v) is 21.4. The second-order valence-electron chi connectivity index (χ2n) is 14.6. The molecule has 0 N–H and O–H groups in total. The standard InChI is InChI=1S/3C16H17N2S.2CH4/c3*1-17(2)13-10-8-12(9-11-13)16-18(3)14-6-4-5-7-15(14)19-16;;/h3*4-11H,1-3H3;2*1H4/q3*+1;;. The predicted molar refractivity (Wildman–Crippen MR) is 262 cm³/mol. The molecule has 304 valence electrons. The molecule has 0 fully saturated rings. The minimum absolute atomic E-state index is 0. The zero-order valence-electron chi connectivity index (χ0n) is 34.3. The summed E-state index contributed by atoms with van der Waals surface area (Å²) in [4.78, 5) is 6.36. The van der Waals surface area contributed by atoms with Gasteiger partial charge in [-0.15, -0.1) is 0 Å². The third-order valence-electron chi connectivity index (χ3n) is 10.1. The zero-order chi connectivity index (χ0) is 40.2. The Labute approximate surface area is 363 Å². The van der Waals surface area contributed by atoms with Gasteiger partial charge in [-0.05, 0) is 91.0 Å². The maximum atomic E-state index is 2.27. The lowest BCUT2D eigenvalue weighted by Gasteiger charge is -2.11. The third-order valence-corrected chi connectivity index (χ3v) is 13.9. The van der Waals surface area contributed by atoms with Crippen LogP contribution in [0.25, 0.3) is 62.4 Å². The average molecular weight is 840 g/mol. The number of aryl methyl sites for hydroxylation is 3. The normalized spacial score (nSPS) is 10.5. The second kappa shape index (κ2) is 19.4. The number of thiazole rings is 3. The van der Waals surface area contributed by atoms with Gasteiger partial charge < -0.3 is 14.7 Å². The molecule has 9 rings (SSSR count). The van der Waals surface area contributed by atoms with E-state index < -0.39 is 0 Å². The fourth-order valence-electron chi connectivity index (χ4n) is 6.77. The van der Waals surface area contributed by atoms with E-state index in [1.807, 2.05) is 34.0 Å². The number of aromatic nitrogens is 3. The lowest BCUT2D eigenvalue weighted by Crippen LogP contribution is -2.28. The lowest BCUT2D eigenvalue weighted by molar-refractivity contribution is -0.629. The van der Waals surface area contributed by atoms with E-state index >= 15 is 0 Å². The average Bonchev–Trinajstić information content (AvgIpc) is 3.88. The number of rotatable bonds is 6. The summed E-state index contributed by atoms with van der Waals surface area (Å²) in [6.45, 7) is 0. The Morgan fingerprint density at radius 3 is 0.746 bits per heavy atom. The molecule has 0 spiro atoms. The Kier molecular flexibility index (Phi) is 14.7. The Hall–Kier alpha value is -5.61. The van der Waals surface area contributed by atoms with E-state index in [0.717, 1.165) is 0 Å². The first kappa shape index (κ1) is 44.5. The molecule has 0 atom stereocenters. The number of hydrogen-bond donors (Lipinski definition) is 0. The van der Waals surface area contributed by atoms with Gasteiger partial charge in [0.25, 0.3) is 15.0 Å². The van der Waals surface area contributed by atoms with Crippen molar-refractivity contribution < 1.29 is 13.7 Å². The summed E-state index contributed by atoms with van der Waals surface area (Å²) in [6.07, 6.45) is 0. The van der Waals surface area contributed by atoms with Crippen molar-refractivity contribution in [2.24, 2.45) is 21.1 Å². The highest BCUT2D eigenvalue weighted by atomic mass is 32.1. The van der Waals surface area contributed by atoms with Crippen LogP contribution in [-0.2, 0) is 21.1 Å². The molecule has 0 aliphatic heterocycles. The fourth-order valence-corrected chi connectivity index (χ4v) is 10.2. The molecule has 3 aromatic heterocycles. The molecule has 0 radical (unpaired) electrons. The second-order valence-corrected chi connectivity index (χ2v) is 17.7. The van der Waals surface area contributed by atoms with E-state index in [1.165, 1.54) is 79.4 Å². The minimum atomic E-state index is 0. The third kappa shape index (κ3) is 9.65. The van der Waals surface area contributed by atoms with Crippen LogP contribution in [0.15, 0.2) is 146 Å². The highest BCUT2D eigenvalue weighted by Gasteiger charge is 2.20. The Bertz CT molecular complexity index is 2440. The van der Waals surface area contributed by atoms with Gasteiger partial charge in [-0.3, -0.25) is 0 Å². The van der Waals surface area contributed by atoms with E-state index in [9.17, 15) is 0 Å². The largest absolute Gasteiger partial charge is 0.378 e. The molecule has 6 aromatic carbocycles. The monoisotopic (exact) mass is 839 g/mol. The molecule has 0 unspecified atom stereocenters. The van der Waals surface area contributed by atoms with Gasteiger partial charge >= 0.3 is 0 Å². The minimum Gasteiger partial charge on any atom is -0.378 e. The number of fused-ring (bicyclic) bond motifs is 3. The first-order valence-electron chi connectivity index (χ1n) is 19.0. The summed E-state index contributed by atoms with van der Waals surface area (Å²) in [6, 6.07) is 51.8. The molecular formula is C50H59N6S3+3. The number of anilines is 3. The van der Waals surface area contributed by atoms with Gasteiger partial charge in [0.2, 0.25) is 16.6 Å². The molecule has 9 heteroatoms. The van der Waals surface area contributed by atoms with Crippen LogP contribution in [0.5, 0.6) is 0 Å². The van der Waals surface area contributed by atoms with Crippen LogP contribution in [0.1, 0.15) is 14.9 Å². The summed E-state index contributed by atoms with van der Waals surface area (Å²) in [5, 5.41) is 3.89. The van der Waals surface area contributed by atoms with E-state index in [2.05, 4.69) is 237 Å².